The largest absolute Gasteiger partial charge is 0.374 e. The van der Waals surface area contributed by atoms with Crippen LogP contribution in [0.2, 0.25) is 0 Å². The molecule has 23 heavy (non-hydrogen) atoms. The third kappa shape index (κ3) is 3.68. The first-order valence-electron chi connectivity index (χ1n) is 7.30. The van der Waals surface area contributed by atoms with Crippen molar-refractivity contribution in [2.45, 2.75) is 13.0 Å². The van der Waals surface area contributed by atoms with Gasteiger partial charge in [0.1, 0.15) is 6.04 Å². The van der Waals surface area contributed by atoms with E-state index in [0.717, 1.165) is 26.8 Å². The van der Waals surface area contributed by atoms with Gasteiger partial charge in [0.05, 0.1) is 11.2 Å². The minimum Gasteiger partial charge on any atom is -0.374 e. The van der Waals surface area contributed by atoms with Crippen molar-refractivity contribution in [1.82, 2.24) is 4.98 Å². The zero-order valence-corrected chi connectivity index (χ0v) is 14.2. The van der Waals surface area contributed by atoms with Gasteiger partial charge in [-0.25, -0.2) is 0 Å². The molecule has 3 aromatic rings. The highest BCUT2D eigenvalue weighted by Crippen LogP contribution is 2.22. The zero-order chi connectivity index (χ0) is 16.2. The number of hydrogen-bond acceptors (Lipinski definition) is 3. The van der Waals surface area contributed by atoms with E-state index < -0.39 is 0 Å². The van der Waals surface area contributed by atoms with E-state index in [1.54, 1.807) is 6.20 Å². The monoisotopic (exact) mass is 369 g/mol. The van der Waals surface area contributed by atoms with E-state index in [4.69, 9.17) is 0 Å². The Balaban J connectivity index is 1.74. The van der Waals surface area contributed by atoms with E-state index in [1.807, 2.05) is 61.5 Å². The molecule has 0 fully saturated rings. The van der Waals surface area contributed by atoms with Crippen LogP contribution in [0.15, 0.2) is 65.3 Å². The molecule has 1 atom stereocenters. The minimum atomic E-state index is -0.358. The van der Waals surface area contributed by atoms with Crippen molar-refractivity contribution in [3.8, 4) is 0 Å². The normalized spacial score (nSPS) is 11.9. The number of carbonyl (C=O) groups excluding carboxylic acids is 1. The highest BCUT2D eigenvalue weighted by atomic mass is 79.9. The maximum atomic E-state index is 12.4. The smallest absolute Gasteiger partial charge is 0.246 e. The molecule has 0 radical (unpaired) electrons. The second-order valence-corrected chi connectivity index (χ2v) is 6.15. The molecule has 0 aliphatic heterocycles. The van der Waals surface area contributed by atoms with Crippen LogP contribution in [0.4, 0.5) is 11.4 Å². The molecule has 1 aromatic heterocycles. The summed E-state index contributed by atoms with van der Waals surface area (Å²) in [5.74, 6) is -0.0933. The molecule has 2 N–H and O–H groups in total. The van der Waals surface area contributed by atoms with Crippen molar-refractivity contribution < 1.29 is 4.79 Å². The number of halogens is 1. The molecule has 0 saturated heterocycles. The van der Waals surface area contributed by atoms with Crippen LogP contribution in [0.25, 0.3) is 10.9 Å². The van der Waals surface area contributed by atoms with Gasteiger partial charge < -0.3 is 10.6 Å². The average molecular weight is 370 g/mol. The van der Waals surface area contributed by atoms with Crippen molar-refractivity contribution in [1.29, 1.82) is 0 Å². The fraction of sp³-hybridized carbons (Fsp3) is 0.111. The Morgan fingerprint density at radius 3 is 2.65 bits per heavy atom. The Hall–Kier alpha value is -2.40. The number of nitrogens with one attached hydrogen (secondary N) is 2. The lowest BCUT2D eigenvalue weighted by Crippen LogP contribution is -2.31. The Kier molecular flexibility index (Phi) is 4.57. The molecule has 0 unspecified atom stereocenters. The molecular weight excluding hydrogens is 354 g/mol. The summed E-state index contributed by atoms with van der Waals surface area (Å²) >= 11 is 3.39. The van der Waals surface area contributed by atoms with Crippen LogP contribution in [0.3, 0.4) is 0 Å². The van der Waals surface area contributed by atoms with Crippen LogP contribution in [0.5, 0.6) is 0 Å². The van der Waals surface area contributed by atoms with Gasteiger partial charge >= 0.3 is 0 Å². The molecule has 4 nitrogen and oxygen atoms in total. The molecule has 1 heterocycles. The standard InChI is InChI=1S/C18H16BrN3O/c1-12(21-14-9-7-13(19)8-10-14)18(23)22-17-6-2-5-16-15(17)4-3-11-20-16/h2-12,21H,1H3,(H,22,23)/t12-/m0/s1. The van der Waals surface area contributed by atoms with Crippen molar-refractivity contribution in [2.75, 3.05) is 10.6 Å². The summed E-state index contributed by atoms with van der Waals surface area (Å²) in [4.78, 5) is 16.7. The van der Waals surface area contributed by atoms with Gasteiger partial charge in [-0.3, -0.25) is 9.78 Å². The predicted molar refractivity (Wildman–Crippen MR) is 97.6 cm³/mol. The summed E-state index contributed by atoms with van der Waals surface area (Å²) in [7, 11) is 0. The third-order valence-corrected chi connectivity index (χ3v) is 4.05. The number of hydrogen-bond donors (Lipinski definition) is 2. The lowest BCUT2D eigenvalue weighted by Gasteiger charge is -2.16. The van der Waals surface area contributed by atoms with Crippen molar-refractivity contribution in [2.24, 2.45) is 0 Å². The molecule has 116 valence electrons. The molecule has 3 rings (SSSR count). The van der Waals surface area contributed by atoms with E-state index in [2.05, 4.69) is 31.5 Å². The summed E-state index contributed by atoms with van der Waals surface area (Å²) in [6.45, 7) is 1.83. The number of benzene rings is 2. The summed E-state index contributed by atoms with van der Waals surface area (Å²) in [5.41, 5.74) is 2.53. The number of rotatable bonds is 4. The lowest BCUT2D eigenvalue weighted by molar-refractivity contribution is -0.116. The van der Waals surface area contributed by atoms with E-state index in [0.29, 0.717) is 0 Å². The molecule has 0 bridgehead atoms. The number of pyridine rings is 1. The van der Waals surface area contributed by atoms with E-state index >= 15 is 0 Å². The Labute approximate surface area is 143 Å². The second-order valence-electron chi connectivity index (χ2n) is 5.24. The third-order valence-electron chi connectivity index (χ3n) is 3.52. The first-order valence-corrected chi connectivity index (χ1v) is 8.09. The number of fused-ring (bicyclic) bond motifs is 1. The quantitative estimate of drug-likeness (QED) is 0.714. The molecule has 5 heteroatoms. The zero-order valence-electron chi connectivity index (χ0n) is 12.6. The lowest BCUT2D eigenvalue weighted by atomic mass is 10.1. The predicted octanol–water partition coefficient (Wildman–Crippen LogP) is 4.44. The van der Waals surface area contributed by atoms with Crippen molar-refractivity contribution in [3.05, 3.63) is 65.3 Å². The summed E-state index contributed by atoms with van der Waals surface area (Å²) < 4.78 is 1.00. The van der Waals surface area contributed by atoms with Gasteiger partial charge in [-0.05, 0) is 55.5 Å². The molecule has 2 aromatic carbocycles. The van der Waals surface area contributed by atoms with Crippen LogP contribution in [-0.2, 0) is 4.79 Å². The second kappa shape index (κ2) is 6.79. The topological polar surface area (TPSA) is 54.0 Å². The SMILES string of the molecule is C[C@H](Nc1ccc(Br)cc1)C(=O)Nc1cccc2ncccc12. The number of nitrogens with zero attached hydrogens (tertiary/aromatic N) is 1. The summed E-state index contributed by atoms with van der Waals surface area (Å²) in [6.07, 6.45) is 1.74. The Morgan fingerprint density at radius 2 is 1.87 bits per heavy atom. The van der Waals surface area contributed by atoms with Crippen LogP contribution in [0, 0.1) is 0 Å². The van der Waals surface area contributed by atoms with Gasteiger partial charge in [0.15, 0.2) is 0 Å². The molecule has 0 spiro atoms. The molecule has 1 amide bonds. The number of aromatic nitrogens is 1. The number of amides is 1. The fourth-order valence-electron chi connectivity index (χ4n) is 2.31. The van der Waals surface area contributed by atoms with Gasteiger partial charge in [-0.2, -0.15) is 0 Å². The van der Waals surface area contributed by atoms with Gasteiger partial charge in [0.2, 0.25) is 5.91 Å². The minimum absolute atomic E-state index is 0.0933. The van der Waals surface area contributed by atoms with Crippen molar-refractivity contribution >= 4 is 44.1 Å². The summed E-state index contributed by atoms with van der Waals surface area (Å²) in [6, 6.07) is 16.9. The molecule has 0 aliphatic rings. The van der Waals surface area contributed by atoms with E-state index in [1.165, 1.54) is 0 Å². The molecule has 0 saturated carbocycles. The average Bonchev–Trinajstić information content (AvgIpc) is 2.57. The first-order chi connectivity index (χ1) is 11.1. The van der Waals surface area contributed by atoms with E-state index in [9.17, 15) is 4.79 Å². The highest BCUT2D eigenvalue weighted by molar-refractivity contribution is 9.10. The van der Waals surface area contributed by atoms with Crippen LogP contribution in [0.1, 0.15) is 6.92 Å². The highest BCUT2D eigenvalue weighted by Gasteiger charge is 2.14. The van der Waals surface area contributed by atoms with Gasteiger partial charge in [0.25, 0.3) is 0 Å². The molecular formula is C18H16BrN3O. The van der Waals surface area contributed by atoms with Gasteiger partial charge in [-0.1, -0.05) is 22.0 Å². The number of anilines is 2. The van der Waals surface area contributed by atoms with Crippen LogP contribution >= 0.6 is 15.9 Å². The van der Waals surface area contributed by atoms with Crippen molar-refractivity contribution in [3.63, 3.8) is 0 Å². The Bertz CT molecular complexity index is 828. The fourth-order valence-corrected chi connectivity index (χ4v) is 2.58. The van der Waals surface area contributed by atoms with E-state index in [-0.39, 0.29) is 11.9 Å². The van der Waals surface area contributed by atoms with Crippen LogP contribution < -0.4 is 10.6 Å². The Morgan fingerprint density at radius 1 is 1.09 bits per heavy atom. The number of carbonyl (C=O) groups is 1. The maximum absolute atomic E-state index is 12.4. The molecule has 0 aliphatic carbocycles. The first kappa shape index (κ1) is 15.5. The van der Waals surface area contributed by atoms with Gasteiger partial charge in [0, 0.05) is 21.7 Å². The van der Waals surface area contributed by atoms with Crippen LogP contribution in [-0.4, -0.2) is 16.9 Å². The van der Waals surface area contributed by atoms with Gasteiger partial charge in [-0.15, -0.1) is 0 Å². The maximum Gasteiger partial charge on any atom is 0.246 e. The summed E-state index contributed by atoms with van der Waals surface area (Å²) in [5, 5.41) is 7.08.